The number of hydrogen-bond acceptors (Lipinski definition) is 3. The molecule has 1 atom stereocenters. The van der Waals surface area contributed by atoms with Gasteiger partial charge in [0.25, 0.3) is 0 Å². The van der Waals surface area contributed by atoms with Crippen LogP contribution in [0.3, 0.4) is 0 Å². The molecule has 152 valence electrons. The van der Waals surface area contributed by atoms with Crippen LogP contribution < -0.4 is 10.3 Å². The van der Waals surface area contributed by atoms with Crippen LogP contribution in [-0.2, 0) is 15.8 Å². The van der Waals surface area contributed by atoms with Crippen LogP contribution >= 0.6 is 0 Å². The Morgan fingerprint density at radius 3 is 2.59 bits per heavy atom. The second kappa shape index (κ2) is 8.06. The van der Waals surface area contributed by atoms with Gasteiger partial charge >= 0.3 is 6.18 Å². The SMILES string of the molecule is Cc1ccc(N2C[C@@H](C(=O)N/N=C\c3ccccc3C(F)(F)F)CC2=O)cc1C. The summed E-state index contributed by atoms with van der Waals surface area (Å²) >= 11 is 0. The first-order chi connectivity index (χ1) is 13.7. The van der Waals surface area contributed by atoms with E-state index in [9.17, 15) is 22.8 Å². The van der Waals surface area contributed by atoms with E-state index in [0.29, 0.717) is 0 Å². The number of benzene rings is 2. The summed E-state index contributed by atoms with van der Waals surface area (Å²) in [6, 6.07) is 10.6. The van der Waals surface area contributed by atoms with Crippen LogP contribution in [0, 0.1) is 19.8 Å². The molecule has 5 nitrogen and oxygen atoms in total. The van der Waals surface area contributed by atoms with Crippen molar-refractivity contribution in [1.29, 1.82) is 0 Å². The topological polar surface area (TPSA) is 61.8 Å². The number of carbonyl (C=O) groups excluding carboxylic acids is 2. The number of hydrogen-bond donors (Lipinski definition) is 1. The molecule has 29 heavy (non-hydrogen) atoms. The summed E-state index contributed by atoms with van der Waals surface area (Å²) < 4.78 is 39.0. The van der Waals surface area contributed by atoms with Crippen molar-refractivity contribution >= 4 is 23.7 Å². The van der Waals surface area contributed by atoms with Crippen LogP contribution in [0.1, 0.15) is 28.7 Å². The third-order valence-corrected chi connectivity index (χ3v) is 4.94. The molecule has 0 unspecified atom stereocenters. The van der Waals surface area contributed by atoms with Gasteiger partial charge in [0.15, 0.2) is 0 Å². The van der Waals surface area contributed by atoms with Crippen molar-refractivity contribution in [2.24, 2.45) is 11.0 Å². The zero-order valence-electron chi connectivity index (χ0n) is 16.0. The van der Waals surface area contributed by atoms with Gasteiger partial charge in [-0.3, -0.25) is 9.59 Å². The van der Waals surface area contributed by atoms with Gasteiger partial charge in [-0.25, -0.2) is 5.43 Å². The normalized spacial score (nSPS) is 17.2. The van der Waals surface area contributed by atoms with Gasteiger partial charge in [-0.2, -0.15) is 18.3 Å². The summed E-state index contributed by atoms with van der Waals surface area (Å²) in [6.07, 6.45) is -3.54. The van der Waals surface area contributed by atoms with E-state index in [1.165, 1.54) is 18.2 Å². The second-order valence-electron chi connectivity index (χ2n) is 6.99. The average Bonchev–Trinajstić information content (AvgIpc) is 3.05. The maximum Gasteiger partial charge on any atom is 0.417 e. The molecule has 3 rings (SSSR count). The molecule has 1 aliphatic rings. The number of amides is 2. The van der Waals surface area contributed by atoms with Crippen LogP contribution in [0.2, 0.25) is 0 Å². The Morgan fingerprint density at radius 2 is 1.90 bits per heavy atom. The summed E-state index contributed by atoms with van der Waals surface area (Å²) in [6.45, 7) is 4.11. The maximum atomic E-state index is 13.0. The Hall–Kier alpha value is -3.16. The molecule has 2 amide bonds. The van der Waals surface area contributed by atoms with Gasteiger partial charge in [-0.05, 0) is 43.2 Å². The van der Waals surface area contributed by atoms with E-state index < -0.39 is 23.6 Å². The first-order valence-corrected chi connectivity index (χ1v) is 9.03. The number of rotatable bonds is 4. The molecule has 0 bridgehead atoms. The Morgan fingerprint density at radius 1 is 1.17 bits per heavy atom. The predicted molar refractivity (Wildman–Crippen MR) is 104 cm³/mol. The Labute approximate surface area is 166 Å². The van der Waals surface area contributed by atoms with E-state index >= 15 is 0 Å². The second-order valence-corrected chi connectivity index (χ2v) is 6.99. The molecule has 0 aliphatic carbocycles. The standard InChI is InChI=1S/C21H20F3N3O2/c1-13-7-8-17(9-14(13)2)27-12-16(10-19(27)28)20(29)26-25-11-15-5-3-4-6-18(15)21(22,23)24/h3-9,11,16H,10,12H2,1-2H3,(H,26,29)/b25-11-/t16-/m0/s1. The van der Waals surface area contributed by atoms with E-state index in [0.717, 1.165) is 29.1 Å². The number of anilines is 1. The first kappa shape index (κ1) is 20.6. The highest BCUT2D eigenvalue weighted by atomic mass is 19.4. The van der Waals surface area contributed by atoms with E-state index in [-0.39, 0.29) is 24.4 Å². The molecular weight excluding hydrogens is 383 g/mol. The molecule has 8 heteroatoms. The number of aryl methyl sites for hydroxylation is 2. The molecule has 1 saturated heterocycles. The molecular formula is C21H20F3N3O2. The van der Waals surface area contributed by atoms with E-state index in [1.54, 1.807) is 4.90 Å². The van der Waals surface area contributed by atoms with Crippen LogP contribution in [0.25, 0.3) is 0 Å². The van der Waals surface area contributed by atoms with Crippen LogP contribution in [-0.4, -0.2) is 24.6 Å². The number of nitrogens with zero attached hydrogens (tertiary/aromatic N) is 2. The number of nitrogens with one attached hydrogen (secondary N) is 1. The first-order valence-electron chi connectivity index (χ1n) is 9.03. The molecule has 2 aromatic rings. The summed E-state index contributed by atoms with van der Waals surface area (Å²) in [5.74, 6) is -1.32. The van der Waals surface area contributed by atoms with Crippen molar-refractivity contribution < 1.29 is 22.8 Å². The Balaban J connectivity index is 1.66. The highest BCUT2D eigenvalue weighted by Gasteiger charge is 2.35. The van der Waals surface area contributed by atoms with Gasteiger partial charge in [-0.15, -0.1) is 0 Å². The zero-order valence-corrected chi connectivity index (χ0v) is 16.0. The lowest BCUT2D eigenvalue weighted by Crippen LogP contribution is -2.30. The third-order valence-electron chi connectivity index (χ3n) is 4.94. The van der Waals surface area contributed by atoms with Gasteiger partial charge in [0.2, 0.25) is 11.8 Å². The Kier molecular flexibility index (Phi) is 5.72. The maximum absolute atomic E-state index is 13.0. The number of hydrazone groups is 1. The van der Waals surface area contributed by atoms with E-state index in [1.807, 2.05) is 32.0 Å². The summed E-state index contributed by atoms with van der Waals surface area (Å²) in [7, 11) is 0. The molecule has 0 aromatic heterocycles. The molecule has 0 spiro atoms. The quantitative estimate of drug-likeness (QED) is 0.623. The molecule has 1 heterocycles. The van der Waals surface area contributed by atoms with Crippen LogP contribution in [0.4, 0.5) is 18.9 Å². The van der Waals surface area contributed by atoms with Crippen molar-refractivity contribution in [3.8, 4) is 0 Å². The van der Waals surface area contributed by atoms with Crippen LogP contribution in [0.5, 0.6) is 0 Å². The molecule has 1 aliphatic heterocycles. The van der Waals surface area contributed by atoms with Crippen LogP contribution in [0.15, 0.2) is 47.6 Å². The van der Waals surface area contributed by atoms with Crippen molar-refractivity contribution in [1.82, 2.24) is 5.43 Å². The lowest BCUT2D eigenvalue weighted by atomic mass is 10.1. The Bertz CT molecular complexity index is 970. The number of halogens is 3. The monoisotopic (exact) mass is 403 g/mol. The summed E-state index contributed by atoms with van der Waals surface area (Å²) in [5.41, 5.74) is 4.11. The van der Waals surface area contributed by atoms with Crippen molar-refractivity contribution in [2.75, 3.05) is 11.4 Å². The predicted octanol–water partition coefficient (Wildman–Crippen LogP) is 3.83. The third kappa shape index (κ3) is 4.64. The molecule has 0 radical (unpaired) electrons. The minimum Gasteiger partial charge on any atom is -0.312 e. The fourth-order valence-electron chi connectivity index (χ4n) is 3.15. The summed E-state index contributed by atoms with van der Waals surface area (Å²) in [4.78, 5) is 26.2. The van der Waals surface area contributed by atoms with Crippen molar-refractivity contribution in [3.63, 3.8) is 0 Å². The lowest BCUT2D eigenvalue weighted by molar-refractivity contribution is -0.137. The summed E-state index contributed by atoms with van der Waals surface area (Å²) in [5, 5.41) is 3.65. The zero-order chi connectivity index (χ0) is 21.2. The van der Waals surface area contributed by atoms with E-state index in [2.05, 4.69) is 10.5 Å². The lowest BCUT2D eigenvalue weighted by Gasteiger charge is -2.17. The molecule has 0 saturated carbocycles. The van der Waals surface area contributed by atoms with Gasteiger partial charge in [0.05, 0.1) is 17.7 Å². The molecule has 1 N–H and O–H groups in total. The van der Waals surface area contributed by atoms with Crippen molar-refractivity contribution in [3.05, 3.63) is 64.7 Å². The van der Waals surface area contributed by atoms with Gasteiger partial charge in [0.1, 0.15) is 0 Å². The smallest absolute Gasteiger partial charge is 0.312 e. The fourth-order valence-corrected chi connectivity index (χ4v) is 3.15. The average molecular weight is 403 g/mol. The number of carbonyl (C=O) groups is 2. The van der Waals surface area contributed by atoms with Gasteiger partial charge in [-0.1, -0.05) is 24.3 Å². The van der Waals surface area contributed by atoms with Crippen molar-refractivity contribution in [2.45, 2.75) is 26.4 Å². The highest BCUT2D eigenvalue weighted by Crippen LogP contribution is 2.31. The fraction of sp³-hybridized carbons (Fsp3) is 0.286. The number of alkyl halides is 3. The van der Waals surface area contributed by atoms with E-state index in [4.69, 9.17) is 0 Å². The highest BCUT2D eigenvalue weighted by molar-refractivity contribution is 6.00. The van der Waals surface area contributed by atoms with Gasteiger partial charge < -0.3 is 4.90 Å². The minimum absolute atomic E-state index is 0.0212. The largest absolute Gasteiger partial charge is 0.417 e. The molecule has 1 fully saturated rings. The molecule has 2 aromatic carbocycles. The minimum atomic E-state index is -4.52. The van der Waals surface area contributed by atoms with Gasteiger partial charge in [0, 0.05) is 24.2 Å².